The largest absolute Gasteiger partial charge is 0.480 e. The summed E-state index contributed by atoms with van der Waals surface area (Å²) < 4.78 is 0. The number of nitrogens with zero attached hydrogens (tertiary/aromatic N) is 1. The Balaban J connectivity index is 1.98. The Kier molecular flexibility index (Phi) is 3.94. The third-order valence-electron chi connectivity index (χ3n) is 3.27. The van der Waals surface area contributed by atoms with Gasteiger partial charge >= 0.3 is 5.97 Å². The van der Waals surface area contributed by atoms with Gasteiger partial charge in [0.25, 0.3) is 5.91 Å². The third-order valence-corrected chi connectivity index (χ3v) is 4.38. The number of fused-ring (bicyclic) bond motifs is 1. The molecule has 0 fully saturated rings. The molecule has 0 saturated carbocycles. The van der Waals surface area contributed by atoms with Gasteiger partial charge in [0, 0.05) is 10.9 Å². The first-order chi connectivity index (χ1) is 11.1. The minimum atomic E-state index is -1.11. The molecule has 2 aromatic heterocycles. The molecule has 0 atom stereocenters. The molecular weight excluding hydrogens is 314 g/mol. The number of carboxylic acids is 1. The first-order valence-corrected chi connectivity index (χ1v) is 7.62. The molecular formula is C16H13N3O3S. The molecule has 23 heavy (non-hydrogen) atoms. The van der Waals surface area contributed by atoms with Crippen molar-refractivity contribution in [3.05, 3.63) is 47.3 Å². The first kappa shape index (κ1) is 15.0. The first-order valence-electron chi connectivity index (χ1n) is 6.80. The lowest BCUT2D eigenvalue weighted by molar-refractivity contribution is -0.135. The van der Waals surface area contributed by atoms with Crippen molar-refractivity contribution < 1.29 is 14.7 Å². The van der Waals surface area contributed by atoms with Gasteiger partial charge in [-0.15, -0.1) is 11.3 Å². The fourth-order valence-electron chi connectivity index (χ4n) is 2.17. The number of anilines is 1. The van der Waals surface area contributed by atoms with Crippen LogP contribution in [0.25, 0.3) is 21.5 Å². The summed E-state index contributed by atoms with van der Waals surface area (Å²) in [4.78, 5) is 28.0. The number of nitrogens with two attached hydrogens (primary N) is 1. The molecule has 7 heteroatoms. The lowest BCUT2D eigenvalue weighted by Gasteiger charge is -2.01. The number of hydrogen-bond donors (Lipinski definition) is 3. The predicted octanol–water partition coefficient (Wildman–Crippen LogP) is 2.36. The van der Waals surface area contributed by atoms with Crippen molar-refractivity contribution in [2.45, 2.75) is 0 Å². The van der Waals surface area contributed by atoms with Gasteiger partial charge < -0.3 is 16.2 Å². The smallest absolute Gasteiger partial charge is 0.322 e. The van der Waals surface area contributed by atoms with E-state index in [-0.39, 0.29) is 4.88 Å². The van der Waals surface area contributed by atoms with Crippen molar-refractivity contribution in [3.8, 4) is 11.3 Å². The van der Waals surface area contributed by atoms with Crippen LogP contribution in [-0.2, 0) is 4.79 Å². The van der Waals surface area contributed by atoms with Gasteiger partial charge in [0.1, 0.15) is 16.3 Å². The molecule has 3 aromatic rings. The maximum atomic E-state index is 12.0. The molecule has 0 aliphatic carbocycles. The van der Waals surface area contributed by atoms with Gasteiger partial charge in [-0.2, -0.15) is 0 Å². The quantitative estimate of drug-likeness (QED) is 0.682. The maximum Gasteiger partial charge on any atom is 0.322 e. The SMILES string of the molecule is Nc1c(C(=O)NCC(=O)O)sc2nc(-c3ccccc3)ccc12. The Bertz CT molecular complexity index is 890. The van der Waals surface area contributed by atoms with Gasteiger partial charge in [-0.25, -0.2) is 4.98 Å². The van der Waals surface area contributed by atoms with Crippen molar-refractivity contribution in [2.75, 3.05) is 12.3 Å². The Morgan fingerprint density at radius 2 is 1.91 bits per heavy atom. The van der Waals surface area contributed by atoms with Crippen LogP contribution in [0, 0.1) is 0 Å². The summed E-state index contributed by atoms with van der Waals surface area (Å²) in [5.41, 5.74) is 8.08. The van der Waals surface area contributed by atoms with E-state index in [0.29, 0.717) is 15.9 Å². The van der Waals surface area contributed by atoms with Crippen LogP contribution in [0.15, 0.2) is 42.5 Å². The Hall–Kier alpha value is -2.93. The molecule has 0 aliphatic rings. The van der Waals surface area contributed by atoms with Gasteiger partial charge in [-0.05, 0) is 12.1 Å². The molecule has 0 bridgehead atoms. The number of thiophene rings is 1. The number of amides is 1. The van der Waals surface area contributed by atoms with Crippen LogP contribution in [0.4, 0.5) is 5.69 Å². The second-order valence-electron chi connectivity index (χ2n) is 4.84. The molecule has 0 aliphatic heterocycles. The molecule has 0 spiro atoms. The summed E-state index contributed by atoms with van der Waals surface area (Å²) >= 11 is 1.15. The van der Waals surface area contributed by atoms with E-state index in [9.17, 15) is 9.59 Å². The van der Waals surface area contributed by atoms with Crippen LogP contribution in [0.1, 0.15) is 9.67 Å². The van der Waals surface area contributed by atoms with E-state index in [1.54, 1.807) is 0 Å². The zero-order valence-electron chi connectivity index (χ0n) is 11.9. The highest BCUT2D eigenvalue weighted by Crippen LogP contribution is 2.34. The standard InChI is InChI=1S/C16H13N3O3S/c17-13-10-6-7-11(9-4-2-1-3-5-9)19-16(10)23-14(13)15(22)18-8-12(20)21/h1-7H,8,17H2,(H,18,22)(H,20,21). The highest BCUT2D eigenvalue weighted by molar-refractivity contribution is 7.21. The Morgan fingerprint density at radius 3 is 2.61 bits per heavy atom. The number of nitrogen functional groups attached to an aromatic ring is 1. The van der Waals surface area contributed by atoms with Gasteiger partial charge in [0.15, 0.2) is 0 Å². The molecule has 0 radical (unpaired) electrons. The Morgan fingerprint density at radius 1 is 1.17 bits per heavy atom. The second kappa shape index (κ2) is 6.05. The minimum Gasteiger partial charge on any atom is -0.480 e. The number of aliphatic carboxylic acids is 1. The van der Waals surface area contributed by atoms with Crippen LogP contribution < -0.4 is 11.1 Å². The van der Waals surface area contributed by atoms with E-state index >= 15 is 0 Å². The van der Waals surface area contributed by atoms with Crippen molar-refractivity contribution in [3.63, 3.8) is 0 Å². The molecule has 3 rings (SSSR count). The lowest BCUT2D eigenvalue weighted by Crippen LogP contribution is -2.29. The summed E-state index contributed by atoms with van der Waals surface area (Å²) in [7, 11) is 0. The van der Waals surface area contributed by atoms with E-state index in [1.165, 1.54) is 0 Å². The number of carbonyl (C=O) groups excluding carboxylic acids is 1. The monoisotopic (exact) mass is 327 g/mol. The van der Waals surface area contributed by atoms with E-state index < -0.39 is 18.4 Å². The number of aromatic nitrogens is 1. The molecule has 0 saturated heterocycles. The van der Waals surface area contributed by atoms with Gasteiger partial charge in [0.05, 0.1) is 11.4 Å². The molecule has 1 amide bonds. The summed E-state index contributed by atoms with van der Waals surface area (Å²) in [6, 6.07) is 13.3. The minimum absolute atomic E-state index is 0.277. The van der Waals surface area contributed by atoms with Crippen molar-refractivity contribution in [1.29, 1.82) is 0 Å². The van der Waals surface area contributed by atoms with E-state index in [0.717, 1.165) is 22.6 Å². The fraction of sp³-hybridized carbons (Fsp3) is 0.0625. The highest BCUT2D eigenvalue weighted by atomic mass is 32.1. The normalized spacial score (nSPS) is 10.6. The molecule has 6 nitrogen and oxygen atoms in total. The average Bonchev–Trinajstić information content (AvgIpc) is 2.90. The van der Waals surface area contributed by atoms with Gasteiger partial charge in [-0.1, -0.05) is 30.3 Å². The predicted molar refractivity (Wildman–Crippen MR) is 89.4 cm³/mol. The maximum absolute atomic E-state index is 12.0. The lowest BCUT2D eigenvalue weighted by atomic mass is 10.1. The van der Waals surface area contributed by atoms with Gasteiger partial charge in [0.2, 0.25) is 0 Å². The van der Waals surface area contributed by atoms with E-state index in [4.69, 9.17) is 10.8 Å². The van der Waals surface area contributed by atoms with Crippen LogP contribution in [0.5, 0.6) is 0 Å². The van der Waals surface area contributed by atoms with E-state index in [2.05, 4.69) is 10.3 Å². The number of pyridine rings is 1. The number of hydrogen-bond acceptors (Lipinski definition) is 5. The third kappa shape index (κ3) is 3.00. The zero-order chi connectivity index (χ0) is 16.4. The van der Waals surface area contributed by atoms with Crippen LogP contribution in [0.3, 0.4) is 0 Å². The molecule has 4 N–H and O–H groups in total. The number of benzene rings is 1. The van der Waals surface area contributed by atoms with Crippen molar-refractivity contribution in [2.24, 2.45) is 0 Å². The van der Waals surface area contributed by atoms with Crippen molar-refractivity contribution >= 4 is 39.1 Å². The summed E-state index contributed by atoms with van der Waals surface area (Å²) in [5, 5.41) is 11.6. The fourth-order valence-corrected chi connectivity index (χ4v) is 3.18. The highest BCUT2D eigenvalue weighted by Gasteiger charge is 2.18. The molecule has 116 valence electrons. The number of carbonyl (C=O) groups is 2. The van der Waals surface area contributed by atoms with Crippen LogP contribution in [-0.4, -0.2) is 28.5 Å². The van der Waals surface area contributed by atoms with Crippen LogP contribution in [0.2, 0.25) is 0 Å². The van der Waals surface area contributed by atoms with Crippen molar-refractivity contribution in [1.82, 2.24) is 10.3 Å². The zero-order valence-corrected chi connectivity index (χ0v) is 12.8. The summed E-state index contributed by atoms with van der Waals surface area (Å²) in [5.74, 6) is -1.61. The topological polar surface area (TPSA) is 105 Å². The number of carboxylic acid groups (broad SMARTS) is 1. The molecule has 2 heterocycles. The summed E-state index contributed by atoms with van der Waals surface area (Å²) in [6.07, 6.45) is 0. The second-order valence-corrected chi connectivity index (χ2v) is 5.84. The molecule has 1 aromatic carbocycles. The summed E-state index contributed by atoms with van der Waals surface area (Å²) in [6.45, 7) is -0.449. The van der Waals surface area contributed by atoms with Crippen LogP contribution >= 0.6 is 11.3 Å². The van der Waals surface area contributed by atoms with E-state index in [1.807, 2.05) is 42.5 Å². The number of nitrogens with one attached hydrogen (secondary N) is 1. The average molecular weight is 327 g/mol. The Labute approximate surface area is 135 Å². The molecule has 0 unspecified atom stereocenters. The number of rotatable bonds is 4. The van der Waals surface area contributed by atoms with Gasteiger partial charge in [-0.3, -0.25) is 9.59 Å².